The maximum atomic E-state index is 12.0. The van der Waals surface area contributed by atoms with Gasteiger partial charge >= 0.3 is 0 Å². The molecule has 2 unspecified atom stereocenters. The van der Waals surface area contributed by atoms with Crippen LogP contribution in [0.15, 0.2) is 24.3 Å². The summed E-state index contributed by atoms with van der Waals surface area (Å²) >= 11 is 0. The highest BCUT2D eigenvalue weighted by atomic mass is 16.5. The monoisotopic (exact) mass is 219 g/mol. The fraction of sp³-hybridized carbons (Fsp3) is 0.417. The topological polar surface area (TPSA) is 38.8 Å². The van der Waals surface area contributed by atoms with Crippen molar-refractivity contribution in [3.8, 4) is 5.75 Å². The fourth-order valence-electron chi connectivity index (χ4n) is 2.44. The van der Waals surface area contributed by atoms with Gasteiger partial charge in [-0.2, -0.15) is 0 Å². The van der Waals surface area contributed by atoms with E-state index in [2.05, 4.69) is 0 Å². The van der Waals surface area contributed by atoms with Crippen LogP contribution in [0.1, 0.15) is 6.42 Å². The highest BCUT2D eigenvalue weighted by Gasteiger charge is 2.47. The van der Waals surface area contributed by atoms with Crippen molar-refractivity contribution < 1.29 is 14.3 Å². The number of fused-ring (bicyclic) bond motifs is 2. The molecule has 2 fully saturated rings. The van der Waals surface area contributed by atoms with E-state index in [0.29, 0.717) is 6.61 Å². The Hall–Kier alpha value is -1.55. The van der Waals surface area contributed by atoms with E-state index in [1.807, 2.05) is 29.2 Å². The molecule has 84 valence electrons. The summed E-state index contributed by atoms with van der Waals surface area (Å²) in [6, 6.07) is 7.77. The Morgan fingerprint density at radius 3 is 2.94 bits per heavy atom. The molecule has 2 atom stereocenters. The van der Waals surface area contributed by atoms with Gasteiger partial charge in [0, 0.05) is 6.42 Å². The standard InChI is InChI=1S/C12H13NO3/c1-15-10-5-3-2-4-9(10)13-8-6-11(12(13)14)16-7-8/h2-5,8,11H,6-7H2,1H3. The van der Waals surface area contributed by atoms with Gasteiger partial charge in [0.2, 0.25) is 0 Å². The average Bonchev–Trinajstić information content (AvgIpc) is 2.89. The van der Waals surface area contributed by atoms with Gasteiger partial charge in [0.05, 0.1) is 25.4 Å². The van der Waals surface area contributed by atoms with E-state index in [9.17, 15) is 4.79 Å². The number of morpholine rings is 1. The van der Waals surface area contributed by atoms with Gasteiger partial charge in [-0.15, -0.1) is 0 Å². The van der Waals surface area contributed by atoms with Crippen LogP contribution in [0.2, 0.25) is 0 Å². The summed E-state index contributed by atoms with van der Waals surface area (Å²) in [5.41, 5.74) is 0.853. The lowest BCUT2D eigenvalue weighted by molar-refractivity contribution is -0.128. The van der Waals surface area contributed by atoms with Crippen molar-refractivity contribution in [2.45, 2.75) is 18.6 Å². The molecule has 0 aliphatic carbocycles. The largest absolute Gasteiger partial charge is 0.495 e. The summed E-state index contributed by atoms with van der Waals surface area (Å²) in [5.74, 6) is 0.796. The van der Waals surface area contributed by atoms with E-state index < -0.39 is 0 Å². The van der Waals surface area contributed by atoms with Crippen LogP contribution in [0.25, 0.3) is 0 Å². The van der Waals surface area contributed by atoms with Crippen LogP contribution in [0.3, 0.4) is 0 Å². The number of methoxy groups -OCH3 is 1. The number of carbonyl (C=O) groups excluding carboxylic acids is 1. The lowest BCUT2D eigenvalue weighted by Crippen LogP contribution is -2.42. The van der Waals surface area contributed by atoms with Crippen molar-refractivity contribution in [3.05, 3.63) is 24.3 Å². The zero-order valence-corrected chi connectivity index (χ0v) is 9.05. The number of benzene rings is 1. The van der Waals surface area contributed by atoms with E-state index in [-0.39, 0.29) is 18.1 Å². The minimum atomic E-state index is -0.241. The third-order valence-electron chi connectivity index (χ3n) is 3.20. The highest BCUT2D eigenvalue weighted by molar-refractivity contribution is 6.01. The Morgan fingerprint density at radius 2 is 2.25 bits per heavy atom. The first-order chi connectivity index (χ1) is 7.81. The molecule has 4 heteroatoms. The zero-order chi connectivity index (χ0) is 11.1. The first-order valence-electron chi connectivity index (χ1n) is 5.39. The summed E-state index contributed by atoms with van der Waals surface area (Å²) in [4.78, 5) is 13.8. The molecular formula is C12H13NO3. The number of hydrogen-bond acceptors (Lipinski definition) is 3. The molecule has 0 aromatic heterocycles. The lowest BCUT2D eigenvalue weighted by Gasteiger charge is -2.28. The number of amides is 1. The van der Waals surface area contributed by atoms with Crippen molar-refractivity contribution in [3.63, 3.8) is 0 Å². The first-order valence-corrected chi connectivity index (χ1v) is 5.39. The minimum absolute atomic E-state index is 0.0563. The van der Waals surface area contributed by atoms with Crippen LogP contribution < -0.4 is 9.64 Å². The molecule has 0 spiro atoms. The van der Waals surface area contributed by atoms with Gasteiger partial charge in [-0.1, -0.05) is 12.1 Å². The SMILES string of the molecule is COc1ccccc1N1C(=O)C2CC1CO2. The number of rotatable bonds is 2. The van der Waals surface area contributed by atoms with Gasteiger partial charge in [0.25, 0.3) is 5.91 Å². The van der Waals surface area contributed by atoms with Gasteiger partial charge in [0.15, 0.2) is 0 Å². The molecule has 2 bridgehead atoms. The summed E-state index contributed by atoms with van der Waals surface area (Å²) in [6.45, 7) is 0.633. The number of nitrogens with zero attached hydrogens (tertiary/aromatic N) is 1. The van der Waals surface area contributed by atoms with Crippen LogP contribution in [0.5, 0.6) is 5.75 Å². The average molecular weight is 219 g/mol. The van der Waals surface area contributed by atoms with Crippen LogP contribution in [-0.2, 0) is 9.53 Å². The molecule has 2 aliphatic rings. The molecule has 3 rings (SSSR count). The molecule has 2 heterocycles. The normalized spacial score (nSPS) is 27.6. The third-order valence-corrected chi connectivity index (χ3v) is 3.20. The van der Waals surface area contributed by atoms with Crippen molar-refractivity contribution in [1.82, 2.24) is 0 Å². The molecule has 2 aliphatic heterocycles. The summed E-state index contributed by atoms with van der Waals surface area (Å²) in [7, 11) is 1.62. The van der Waals surface area contributed by atoms with E-state index in [1.54, 1.807) is 7.11 Å². The minimum Gasteiger partial charge on any atom is -0.495 e. The van der Waals surface area contributed by atoms with Crippen molar-refractivity contribution in [2.75, 3.05) is 18.6 Å². The summed E-state index contributed by atoms with van der Waals surface area (Å²) in [6.07, 6.45) is 0.562. The maximum Gasteiger partial charge on any atom is 0.256 e. The predicted octanol–water partition coefficient (Wildman–Crippen LogP) is 1.20. The second-order valence-corrected chi connectivity index (χ2v) is 4.09. The lowest BCUT2D eigenvalue weighted by atomic mass is 10.2. The van der Waals surface area contributed by atoms with E-state index in [1.165, 1.54) is 0 Å². The van der Waals surface area contributed by atoms with Gasteiger partial charge in [-0.05, 0) is 12.1 Å². The molecule has 0 N–H and O–H groups in total. The van der Waals surface area contributed by atoms with Gasteiger partial charge in [-0.25, -0.2) is 0 Å². The predicted molar refractivity (Wildman–Crippen MR) is 58.6 cm³/mol. The Labute approximate surface area is 93.8 Å². The summed E-state index contributed by atoms with van der Waals surface area (Å²) < 4.78 is 10.6. The number of ether oxygens (including phenoxy) is 2. The van der Waals surface area contributed by atoms with Crippen molar-refractivity contribution >= 4 is 11.6 Å². The molecule has 16 heavy (non-hydrogen) atoms. The Kier molecular flexibility index (Phi) is 2.11. The Morgan fingerprint density at radius 1 is 1.44 bits per heavy atom. The van der Waals surface area contributed by atoms with Crippen LogP contribution in [-0.4, -0.2) is 31.8 Å². The van der Waals surface area contributed by atoms with E-state index in [4.69, 9.17) is 9.47 Å². The molecular weight excluding hydrogens is 206 g/mol. The second-order valence-electron chi connectivity index (χ2n) is 4.09. The van der Waals surface area contributed by atoms with E-state index >= 15 is 0 Å². The van der Waals surface area contributed by atoms with E-state index in [0.717, 1.165) is 17.9 Å². The van der Waals surface area contributed by atoms with Crippen molar-refractivity contribution in [2.24, 2.45) is 0 Å². The third kappa shape index (κ3) is 1.23. The quantitative estimate of drug-likeness (QED) is 0.750. The maximum absolute atomic E-state index is 12.0. The number of carbonyl (C=O) groups is 1. The number of para-hydroxylation sites is 2. The van der Waals surface area contributed by atoms with Crippen LogP contribution in [0, 0.1) is 0 Å². The molecule has 0 saturated carbocycles. The van der Waals surface area contributed by atoms with Gasteiger partial charge in [-0.3, -0.25) is 4.79 Å². The first kappa shape index (κ1) is 9.66. The second kappa shape index (κ2) is 3.49. The highest BCUT2D eigenvalue weighted by Crippen LogP contribution is 2.38. The number of hydrogen-bond donors (Lipinski definition) is 0. The number of anilines is 1. The van der Waals surface area contributed by atoms with Gasteiger partial charge in [0.1, 0.15) is 11.9 Å². The van der Waals surface area contributed by atoms with Crippen LogP contribution >= 0.6 is 0 Å². The smallest absolute Gasteiger partial charge is 0.256 e. The zero-order valence-electron chi connectivity index (χ0n) is 9.05. The summed E-state index contributed by atoms with van der Waals surface area (Å²) in [5, 5.41) is 0. The van der Waals surface area contributed by atoms with Gasteiger partial charge < -0.3 is 14.4 Å². The molecule has 2 saturated heterocycles. The molecule has 0 radical (unpaired) electrons. The molecule has 4 nitrogen and oxygen atoms in total. The fourth-order valence-corrected chi connectivity index (χ4v) is 2.44. The molecule has 1 amide bonds. The molecule has 1 aromatic carbocycles. The Bertz CT molecular complexity index is 432. The van der Waals surface area contributed by atoms with Crippen LogP contribution in [0.4, 0.5) is 5.69 Å². The Balaban J connectivity index is 2.01. The van der Waals surface area contributed by atoms with Crippen molar-refractivity contribution in [1.29, 1.82) is 0 Å². The molecule has 1 aromatic rings.